The molecule has 0 bridgehead atoms. The molecule has 0 aliphatic rings. The van der Waals surface area contributed by atoms with Crippen molar-refractivity contribution in [1.29, 1.82) is 0 Å². The number of phenols is 1. The summed E-state index contributed by atoms with van der Waals surface area (Å²) in [6, 6.07) is 3.60. The van der Waals surface area contributed by atoms with E-state index >= 15 is 0 Å². The minimum Gasteiger partial charge on any atom is -0.507 e. The zero-order chi connectivity index (χ0) is 15.4. The molecule has 0 aliphatic carbocycles. The van der Waals surface area contributed by atoms with E-state index in [1.165, 1.54) is 0 Å². The highest BCUT2D eigenvalue weighted by Crippen LogP contribution is 2.34. The molecule has 1 aromatic carbocycles. The van der Waals surface area contributed by atoms with Crippen molar-refractivity contribution < 1.29 is 19.4 Å². The lowest BCUT2D eigenvalue weighted by Crippen LogP contribution is -2.20. The SMILES string of the molecule is CCOC(=O)C(=O)c1c(C(C)C)ccc(C(C)C)c1O. The fraction of sp³-hybridized carbons (Fsp3) is 0.500. The maximum Gasteiger partial charge on any atom is 0.379 e. The van der Waals surface area contributed by atoms with Crippen LogP contribution in [0.5, 0.6) is 5.75 Å². The third-order valence-electron chi connectivity index (χ3n) is 3.17. The van der Waals surface area contributed by atoms with Crippen LogP contribution in [0.4, 0.5) is 0 Å². The second-order valence-corrected chi connectivity index (χ2v) is 5.33. The largest absolute Gasteiger partial charge is 0.507 e. The van der Waals surface area contributed by atoms with E-state index in [2.05, 4.69) is 0 Å². The number of carbonyl (C=O) groups is 2. The van der Waals surface area contributed by atoms with Gasteiger partial charge < -0.3 is 9.84 Å². The first kappa shape index (κ1) is 16.2. The van der Waals surface area contributed by atoms with Gasteiger partial charge in [0.1, 0.15) is 5.75 Å². The lowest BCUT2D eigenvalue weighted by molar-refractivity contribution is -0.137. The minimum atomic E-state index is -0.925. The first-order valence-electron chi connectivity index (χ1n) is 6.88. The van der Waals surface area contributed by atoms with Gasteiger partial charge in [0.05, 0.1) is 12.2 Å². The van der Waals surface area contributed by atoms with Crippen LogP contribution in [0, 0.1) is 0 Å². The van der Waals surface area contributed by atoms with E-state index < -0.39 is 11.8 Å². The molecule has 110 valence electrons. The highest BCUT2D eigenvalue weighted by Gasteiger charge is 2.27. The van der Waals surface area contributed by atoms with Gasteiger partial charge in [0.25, 0.3) is 5.78 Å². The van der Waals surface area contributed by atoms with Crippen molar-refractivity contribution in [2.45, 2.75) is 46.5 Å². The van der Waals surface area contributed by atoms with Crippen molar-refractivity contribution in [3.8, 4) is 5.75 Å². The number of aromatic hydroxyl groups is 1. The Morgan fingerprint density at radius 2 is 1.60 bits per heavy atom. The Hall–Kier alpha value is -1.84. The summed E-state index contributed by atoms with van der Waals surface area (Å²) in [4.78, 5) is 23.9. The lowest BCUT2D eigenvalue weighted by Gasteiger charge is -2.17. The van der Waals surface area contributed by atoms with E-state index in [4.69, 9.17) is 4.74 Å². The summed E-state index contributed by atoms with van der Waals surface area (Å²) in [6.07, 6.45) is 0. The number of ether oxygens (including phenoxy) is 1. The summed E-state index contributed by atoms with van der Waals surface area (Å²) in [7, 11) is 0. The van der Waals surface area contributed by atoms with Crippen LogP contribution in [0.3, 0.4) is 0 Å². The first-order chi connectivity index (χ1) is 9.31. The van der Waals surface area contributed by atoms with E-state index in [1.807, 2.05) is 27.7 Å². The van der Waals surface area contributed by atoms with Gasteiger partial charge in [-0.2, -0.15) is 0 Å². The molecular weight excluding hydrogens is 256 g/mol. The second kappa shape index (κ2) is 6.55. The lowest BCUT2D eigenvalue weighted by atomic mass is 9.89. The quantitative estimate of drug-likeness (QED) is 0.509. The molecule has 0 spiro atoms. The molecule has 0 fully saturated rings. The molecular formula is C16H22O4. The van der Waals surface area contributed by atoms with Crippen LogP contribution in [0.25, 0.3) is 0 Å². The number of Topliss-reactive ketones (excluding diaryl/α,β-unsaturated/α-hetero) is 1. The van der Waals surface area contributed by atoms with E-state index in [0.29, 0.717) is 11.1 Å². The highest BCUT2D eigenvalue weighted by atomic mass is 16.5. The second-order valence-electron chi connectivity index (χ2n) is 5.33. The van der Waals surface area contributed by atoms with E-state index in [-0.39, 0.29) is 29.8 Å². The third kappa shape index (κ3) is 3.18. The van der Waals surface area contributed by atoms with E-state index in [1.54, 1.807) is 19.1 Å². The molecule has 0 saturated heterocycles. The van der Waals surface area contributed by atoms with Gasteiger partial charge in [0, 0.05) is 0 Å². The van der Waals surface area contributed by atoms with Gasteiger partial charge in [0.2, 0.25) is 0 Å². The van der Waals surface area contributed by atoms with Crippen LogP contribution in [-0.4, -0.2) is 23.5 Å². The number of phenolic OH excluding ortho intramolecular Hbond substituents is 1. The Bertz CT molecular complexity index is 515. The molecule has 0 aromatic heterocycles. The normalized spacial score (nSPS) is 10.9. The predicted octanol–water partition coefficient (Wildman–Crippen LogP) is 3.38. The Labute approximate surface area is 119 Å². The molecule has 4 heteroatoms. The van der Waals surface area contributed by atoms with Crippen molar-refractivity contribution in [2.24, 2.45) is 0 Å². The maximum absolute atomic E-state index is 12.2. The van der Waals surface area contributed by atoms with E-state index in [0.717, 1.165) is 0 Å². The van der Waals surface area contributed by atoms with Gasteiger partial charge in [-0.15, -0.1) is 0 Å². The number of hydrogen-bond acceptors (Lipinski definition) is 4. The molecule has 0 radical (unpaired) electrons. The van der Waals surface area contributed by atoms with Gasteiger partial charge in [-0.25, -0.2) is 4.79 Å². The number of benzene rings is 1. The highest BCUT2D eigenvalue weighted by molar-refractivity contribution is 6.41. The molecule has 4 nitrogen and oxygen atoms in total. The van der Waals surface area contributed by atoms with Crippen molar-refractivity contribution in [1.82, 2.24) is 0 Å². The summed E-state index contributed by atoms with van der Waals surface area (Å²) < 4.78 is 4.75. The summed E-state index contributed by atoms with van der Waals surface area (Å²) in [5, 5.41) is 10.3. The third-order valence-corrected chi connectivity index (χ3v) is 3.17. The summed E-state index contributed by atoms with van der Waals surface area (Å²) in [6.45, 7) is 9.42. The van der Waals surface area contributed by atoms with E-state index in [9.17, 15) is 14.7 Å². The molecule has 20 heavy (non-hydrogen) atoms. The molecule has 0 aliphatic heterocycles. The Morgan fingerprint density at radius 3 is 2.05 bits per heavy atom. The zero-order valence-corrected chi connectivity index (χ0v) is 12.7. The topological polar surface area (TPSA) is 63.6 Å². The summed E-state index contributed by atoms with van der Waals surface area (Å²) >= 11 is 0. The van der Waals surface area contributed by atoms with Crippen molar-refractivity contribution in [3.63, 3.8) is 0 Å². The van der Waals surface area contributed by atoms with Crippen LogP contribution in [0.1, 0.15) is 67.9 Å². The maximum atomic E-state index is 12.2. The van der Waals surface area contributed by atoms with Crippen LogP contribution in [-0.2, 0) is 9.53 Å². The Kier molecular flexibility index (Phi) is 5.31. The predicted molar refractivity (Wildman–Crippen MR) is 77.2 cm³/mol. The van der Waals surface area contributed by atoms with Crippen molar-refractivity contribution in [3.05, 3.63) is 28.8 Å². The average molecular weight is 278 g/mol. The van der Waals surface area contributed by atoms with Gasteiger partial charge in [-0.3, -0.25) is 4.79 Å². The smallest absolute Gasteiger partial charge is 0.379 e. The monoisotopic (exact) mass is 278 g/mol. The van der Waals surface area contributed by atoms with Crippen LogP contribution < -0.4 is 0 Å². The molecule has 1 N–H and O–H groups in total. The molecule has 0 saturated carbocycles. The number of ketones is 1. The zero-order valence-electron chi connectivity index (χ0n) is 12.7. The molecule has 0 heterocycles. The standard InChI is InChI=1S/C16H22O4/c1-6-20-16(19)15(18)13-11(9(2)3)7-8-12(10(4)5)14(13)17/h7-10,17H,6H2,1-5H3. The Morgan fingerprint density at radius 1 is 1.10 bits per heavy atom. The molecule has 1 rings (SSSR count). The first-order valence-corrected chi connectivity index (χ1v) is 6.88. The van der Waals surface area contributed by atoms with Crippen LogP contribution in [0.15, 0.2) is 12.1 Å². The number of esters is 1. The summed E-state index contributed by atoms with van der Waals surface area (Å²) in [5.41, 5.74) is 1.39. The van der Waals surface area contributed by atoms with Gasteiger partial charge >= 0.3 is 5.97 Å². The fourth-order valence-electron chi connectivity index (χ4n) is 2.11. The molecule has 0 amide bonds. The van der Waals surface area contributed by atoms with Gasteiger partial charge in [0.15, 0.2) is 0 Å². The molecule has 0 unspecified atom stereocenters. The van der Waals surface area contributed by atoms with Crippen LogP contribution >= 0.6 is 0 Å². The number of carbonyl (C=O) groups excluding carboxylic acids is 2. The fourth-order valence-corrected chi connectivity index (χ4v) is 2.11. The van der Waals surface area contributed by atoms with Gasteiger partial charge in [-0.1, -0.05) is 39.8 Å². The van der Waals surface area contributed by atoms with Crippen molar-refractivity contribution in [2.75, 3.05) is 6.61 Å². The number of rotatable bonds is 5. The number of hydrogen-bond donors (Lipinski definition) is 1. The Balaban J connectivity index is 3.43. The van der Waals surface area contributed by atoms with Gasteiger partial charge in [-0.05, 0) is 29.9 Å². The minimum absolute atomic E-state index is 0.0236. The molecule has 0 atom stereocenters. The van der Waals surface area contributed by atoms with Crippen LogP contribution in [0.2, 0.25) is 0 Å². The van der Waals surface area contributed by atoms with Crippen molar-refractivity contribution >= 4 is 11.8 Å². The average Bonchev–Trinajstić information content (AvgIpc) is 2.37. The molecule has 1 aromatic rings. The summed E-state index contributed by atoms with van der Waals surface area (Å²) in [5.74, 6) is -1.73.